The highest BCUT2D eigenvalue weighted by Gasteiger charge is 2.07. The number of rotatable bonds is 6. The van der Waals surface area contributed by atoms with E-state index >= 15 is 0 Å². The van der Waals surface area contributed by atoms with E-state index in [1.807, 2.05) is 36.4 Å². The number of aromatic nitrogens is 2. The van der Waals surface area contributed by atoms with Crippen LogP contribution in [0, 0.1) is 0 Å². The number of nitrogens with two attached hydrogens (primary N) is 1. The van der Waals surface area contributed by atoms with Crippen LogP contribution in [0.4, 0.5) is 17.3 Å². The molecule has 0 spiro atoms. The van der Waals surface area contributed by atoms with Crippen LogP contribution in [-0.2, 0) is 13.1 Å². The molecular formula is C18H19N5. The van der Waals surface area contributed by atoms with Crippen molar-refractivity contribution in [2.75, 3.05) is 16.4 Å². The van der Waals surface area contributed by atoms with E-state index < -0.39 is 0 Å². The lowest BCUT2D eigenvalue weighted by molar-refractivity contribution is 1.06. The minimum atomic E-state index is 0.527. The van der Waals surface area contributed by atoms with Crippen molar-refractivity contribution in [3.05, 3.63) is 78.1 Å². The van der Waals surface area contributed by atoms with Gasteiger partial charge < -0.3 is 16.4 Å². The number of hydrogen-bond acceptors (Lipinski definition) is 5. The third-order valence-electron chi connectivity index (χ3n) is 3.49. The zero-order valence-electron chi connectivity index (χ0n) is 12.7. The summed E-state index contributed by atoms with van der Waals surface area (Å²) in [5.74, 6) is 1.28. The lowest BCUT2D eigenvalue weighted by Gasteiger charge is -2.12. The Hall–Kier alpha value is -3.08. The van der Waals surface area contributed by atoms with E-state index in [1.165, 1.54) is 17.5 Å². The van der Waals surface area contributed by atoms with Crippen molar-refractivity contribution < 1.29 is 0 Å². The third kappa shape index (κ3) is 3.97. The van der Waals surface area contributed by atoms with Crippen molar-refractivity contribution in [3.63, 3.8) is 0 Å². The fraction of sp³-hybridized carbons (Fsp3) is 0.111. The van der Waals surface area contributed by atoms with Gasteiger partial charge in [-0.15, -0.1) is 0 Å². The molecule has 23 heavy (non-hydrogen) atoms. The lowest BCUT2D eigenvalue weighted by Crippen LogP contribution is -2.09. The van der Waals surface area contributed by atoms with Crippen LogP contribution in [0.3, 0.4) is 0 Å². The lowest BCUT2D eigenvalue weighted by atomic mass is 10.2. The Balaban J connectivity index is 1.66. The number of hydrogen-bond donors (Lipinski definition) is 3. The highest BCUT2D eigenvalue weighted by molar-refractivity contribution is 5.74. The maximum atomic E-state index is 6.16. The molecule has 4 N–H and O–H groups in total. The molecule has 5 nitrogen and oxygen atoms in total. The molecule has 1 aromatic heterocycles. The van der Waals surface area contributed by atoms with E-state index in [4.69, 9.17) is 5.73 Å². The van der Waals surface area contributed by atoms with E-state index in [1.54, 1.807) is 0 Å². The third-order valence-corrected chi connectivity index (χ3v) is 3.49. The van der Waals surface area contributed by atoms with Gasteiger partial charge in [0.25, 0.3) is 0 Å². The Labute approximate surface area is 135 Å². The molecule has 0 atom stereocenters. The molecule has 0 amide bonds. The predicted molar refractivity (Wildman–Crippen MR) is 94.0 cm³/mol. The van der Waals surface area contributed by atoms with Crippen molar-refractivity contribution >= 4 is 17.3 Å². The minimum absolute atomic E-state index is 0.527. The molecule has 116 valence electrons. The Morgan fingerprint density at radius 2 is 1.13 bits per heavy atom. The molecule has 0 radical (unpaired) electrons. The van der Waals surface area contributed by atoms with Crippen LogP contribution in [0.1, 0.15) is 11.1 Å². The summed E-state index contributed by atoms with van der Waals surface area (Å²) in [7, 11) is 0. The quantitative estimate of drug-likeness (QED) is 0.651. The van der Waals surface area contributed by atoms with Crippen molar-refractivity contribution in [2.45, 2.75) is 13.1 Å². The molecule has 0 aliphatic heterocycles. The first-order valence-electron chi connectivity index (χ1n) is 7.49. The fourth-order valence-electron chi connectivity index (χ4n) is 2.24. The summed E-state index contributed by atoms with van der Waals surface area (Å²) < 4.78 is 0. The first-order chi connectivity index (χ1) is 11.3. The molecule has 0 saturated heterocycles. The van der Waals surface area contributed by atoms with E-state index in [9.17, 15) is 0 Å². The number of nitrogens with zero attached hydrogens (tertiary/aromatic N) is 2. The summed E-state index contributed by atoms with van der Waals surface area (Å²) >= 11 is 0. The van der Waals surface area contributed by atoms with Gasteiger partial charge in [-0.2, -0.15) is 0 Å². The van der Waals surface area contributed by atoms with Gasteiger partial charge in [-0.25, -0.2) is 9.97 Å². The Bertz CT molecular complexity index is 682. The highest BCUT2D eigenvalue weighted by atomic mass is 15.1. The Morgan fingerprint density at radius 1 is 0.696 bits per heavy atom. The molecule has 5 heteroatoms. The average Bonchev–Trinajstić information content (AvgIpc) is 2.61. The van der Waals surface area contributed by atoms with Gasteiger partial charge in [-0.3, -0.25) is 0 Å². The maximum absolute atomic E-state index is 6.16. The van der Waals surface area contributed by atoms with E-state index in [0.717, 1.165) is 0 Å². The number of benzene rings is 2. The van der Waals surface area contributed by atoms with Crippen LogP contribution in [0.15, 0.2) is 67.0 Å². The molecule has 0 aliphatic carbocycles. The van der Waals surface area contributed by atoms with Crippen LogP contribution in [0.25, 0.3) is 0 Å². The first kappa shape index (κ1) is 14.8. The van der Waals surface area contributed by atoms with Crippen molar-refractivity contribution in [1.29, 1.82) is 0 Å². The second kappa shape index (κ2) is 7.26. The Kier molecular flexibility index (Phi) is 4.69. The monoisotopic (exact) mass is 305 g/mol. The zero-order chi connectivity index (χ0) is 15.9. The fourth-order valence-corrected chi connectivity index (χ4v) is 2.24. The Morgan fingerprint density at radius 3 is 1.57 bits per heavy atom. The molecule has 3 aromatic rings. The van der Waals surface area contributed by atoms with Crippen LogP contribution < -0.4 is 16.4 Å². The van der Waals surface area contributed by atoms with E-state index in [2.05, 4.69) is 44.9 Å². The molecule has 0 aliphatic rings. The van der Waals surface area contributed by atoms with Crippen LogP contribution in [0.2, 0.25) is 0 Å². The number of anilines is 3. The van der Waals surface area contributed by atoms with Gasteiger partial charge >= 0.3 is 0 Å². The summed E-state index contributed by atoms with van der Waals surface area (Å²) in [4.78, 5) is 8.44. The summed E-state index contributed by atoms with van der Waals surface area (Å²) in [5.41, 5.74) is 9.03. The number of nitrogens with one attached hydrogen (secondary N) is 2. The molecule has 0 saturated carbocycles. The average molecular weight is 305 g/mol. The first-order valence-corrected chi connectivity index (χ1v) is 7.49. The van der Waals surface area contributed by atoms with Gasteiger partial charge in [-0.1, -0.05) is 60.7 Å². The second-order valence-electron chi connectivity index (χ2n) is 5.16. The van der Waals surface area contributed by atoms with E-state index in [0.29, 0.717) is 30.4 Å². The van der Waals surface area contributed by atoms with Gasteiger partial charge in [0.05, 0.1) is 0 Å². The molecule has 2 aromatic carbocycles. The van der Waals surface area contributed by atoms with Gasteiger partial charge in [0.15, 0.2) is 11.6 Å². The van der Waals surface area contributed by atoms with E-state index in [-0.39, 0.29) is 0 Å². The molecular weight excluding hydrogens is 286 g/mol. The van der Waals surface area contributed by atoms with Crippen LogP contribution in [0.5, 0.6) is 0 Å². The van der Waals surface area contributed by atoms with Crippen molar-refractivity contribution in [2.24, 2.45) is 0 Å². The second-order valence-corrected chi connectivity index (χ2v) is 5.16. The summed E-state index contributed by atoms with van der Waals surface area (Å²) in [6.07, 6.45) is 1.51. The van der Waals surface area contributed by atoms with Crippen LogP contribution >= 0.6 is 0 Å². The molecule has 3 rings (SSSR count). The van der Waals surface area contributed by atoms with Gasteiger partial charge in [0.1, 0.15) is 12.0 Å². The zero-order valence-corrected chi connectivity index (χ0v) is 12.7. The van der Waals surface area contributed by atoms with Crippen molar-refractivity contribution in [3.8, 4) is 0 Å². The predicted octanol–water partition coefficient (Wildman–Crippen LogP) is 3.28. The minimum Gasteiger partial charge on any atom is -0.393 e. The normalized spacial score (nSPS) is 10.3. The van der Waals surface area contributed by atoms with Crippen molar-refractivity contribution in [1.82, 2.24) is 9.97 Å². The number of nitrogen functional groups attached to an aromatic ring is 1. The smallest absolute Gasteiger partial charge is 0.155 e. The topological polar surface area (TPSA) is 75.9 Å². The SMILES string of the molecule is Nc1c(NCc2ccccc2)ncnc1NCc1ccccc1. The van der Waals surface area contributed by atoms with Gasteiger partial charge in [0.2, 0.25) is 0 Å². The van der Waals surface area contributed by atoms with Gasteiger partial charge in [0, 0.05) is 13.1 Å². The molecule has 0 unspecified atom stereocenters. The largest absolute Gasteiger partial charge is 0.393 e. The maximum Gasteiger partial charge on any atom is 0.155 e. The molecule has 0 fully saturated rings. The highest BCUT2D eigenvalue weighted by Crippen LogP contribution is 2.23. The van der Waals surface area contributed by atoms with Gasteiger partial charge in [-0.05, 0) is 11.1 Å². The van der Waals surface area contributed by atoms with Crippen LogP contribution in [-0.4, -0.2) is 9.97 Å². The summed E-state index contributed by atoms with van der Waals surface area (Å²) in [6.45, 7) is 1.33. The molecule has 1 heterocycles. The summed E-state index contributed by atoms with van der Waals surface area (Å²) in [5, 5.41) is 6.50. The summed E-state index contributed by atoms with van der Waals surface area (Å²) in [6, 6.07) is 20.2. The molecule has 0 bridgehead atoms. The standard InChI is InChI=1S/C18H19N5/c19-16-17(20-11-14-7-3-1-4-8-14)22-13-23-18(16)21-12-15-9-5-2-6-10-15/h1-10,13H,11-12,19H2,(H2,20,21,22,23).